The first kappa shape index (κ1) is 12.2. The number of benzene rings is 1. The number of hydrogen-bond donors (Lipinski definition) is 1. The maximum absolute atomic E-state index is 13.0. The van der Waals surface area contributed by atoms with Crippen molar-refractivity contribution in [2.75, 3.05) is 12.4 Å². The molecule has 3 rings (SSSR count). The summed E-state index contributed by atoms with van der Waals surface area (Å²) < 4.78 is 14.8. The van der Waals surface area contributed by atoms with E-state index >= 15 is 0 Å². The van der Waals surface area contributed by atoms with Gasteiger partial charge in [0.05, 0.1) is 11.2 Å². The smallest absolute Gasteiger partial charge is 0.166 e. The minimum absolute atomic E-state index is 0.300. The maximum Gasteiger partial charge on any atom is 0.166 e. The average molecular weight is 266 g/mol. The van der Waals surface area contributed by atoms with Gasteiger partial charge in [-0.1, -0.05) is 0 Å². The van der Waals surface area contributed by atoms with Crippen molar-refractivity contribution in [3.8, 4) is 17.5 Å². The third-order valence-corrected chi connectivity index (χ3v) is 3.13. The highest BCUT2D eigenvalue weighted by atomic mass is 19.1. The zero-order valence-corrected chi connectivity index (χ0v) is 10.8. The van der Waals surface area contributed by atoms with E-state index in [1.54, 1.807) is 12.1 Å². The van der Waals surface area contributed by atoms with Gasteiger partial charge in [0.25, 0.3) is 0 Å². The Kier molecular flexibility index (Phi) is 2.84. The lowest BCUT2D eigenvalue weighted by atomic mass is 10.2. The van der Waals surface area contributed by atoms with Crippen LogP contribution in [0.4, 0.5) is 10.1 Å². The Morgan fingerprint density at radius 2 is 1.95 bits per heavy atom. The molecule has 0 saturated carbocycles. The van der Waals surface area contributed by atoms with Gasteiger partial charge >= 0.3 is 0 Å². The Morgan fingerprint density at radius 3 is 2.60 bits per heavy atom. The Bertz CT molecular complexity index is 812. The molecular weight excluding hydrogens is 255 g/mol. The molecule has 0 fully saturated rings. The van der Waals surface area contributed by atoms with Crippen LogP contribution in [0.15, 0.2) is 42.6 Å². The summed E-state index contributed by atoms with van der Waals surface area (Å²) in [5.74, 6) is 0.319. The van der Waals surface area contributed by atoms with Crippen LogP contribution in [0, 0.1) is 17.1 Å². The highest BCUT2D eigenvalue weighted by molar-refractivity contribution is 5.70. The van der Waals surface area contributed by atoms with Crippen molar-refractivity contribution in [2.45, 2.75) is 0 Å². The van der Waals surface area contributed by atoms with Crippen LogP contribution in [0.3, 0.4) is 0 Å². The molecule has 0 bridgehead atoms. The number of nitriles is 1. The third kappa shape index (κ3) is 1.88. The summed E-state index contributed by atoms with van der Waals surface area (Å²) in [6, 6.07) is 11.9. The molecule has 1 aromatic carbocycles. The van der Waals surface area contributed by atoms with E-state index in [0.29, 0.717) is 11.5 Å². The van der Waals surface area contributed by atoms with Crippen LogP contribution >= 0.6 is 0 Å². The van der Waals surface area contributed by atoms with Crippen molar-refractivity contribution < 1.29 is 4.39 Å². The largest absolute Gasteiger partial charge is 0.387 e. The summed E-state index contributed by atoms with van der Waals surface area (Å²) in [7, 11) is 1.82. The van der Waals surface area contributed by atoms with E-state index in [0.717, 1.165) is 16.8 Å². The topological polar surface area (TPSA) is 53.1 Å². The van der Waals surface area contributed by atoms with Crippen molar-refractivity contribution >= 4 is 11.2 Å². The van der Waals surface area contributed by atoms with Crippen molar-refractivity contribution in [1.82, 2.24) is 9.38 Å². The molecule has 0 atom stereocenters. The summed E-state index contributed by atoms with van der Waals surface area (Å²) in [5.41, 5.74) is 2.75. The maximum atomic E-state index is 13.0. The van der Waals surface area contributed by atoms with Crippen LogP contribution in [-0.4, -0.2) is 16.4 Å². The zero-order valence-electron chi connectivity index (χ0n) is 10.8. The number of fused-ring (bicyclic) bond motifs is 1. The monoisotopic (exact) mass is 266 g/mol. The Balaban J connectivity index is 2.29. The summed E-state index contributed by atoms with van der Waals surface area (Å²) in [6.45, 7) is 0. The van der Waals surface area contributed by atoms with Gasteiger partial charge in [-0.25, -0.2) is 9.37 Å². The number of halogens is 1. The Morgan fingerprint density at radius 1 is 1.20 bits per heavy atom. The molecular formula is C15H11FN4. The number of pyridine rings is 1. The van der Waals surface area contributed by atoms with E-state index in [9.17, 15) is 4.39 Å². The molecule has 0 spiro atoms. The third-order valence-electron chi connectivity index (χ3n) is 3.13. The van der Waals surface area contributed by atoms with Crippen LogP contribution in [0.1, 0.15) is 5.69 Å². The quantitative estimate of drug-likeness (QED) is 0.775. The predicted molar refractivity (Wildman–Crippen MR) is 74.8 cm³/mol. The first-order valence-electron chi connectivity index (χ1n) is 6.09. The second-order valence-electron chi connectivity index (χ2n) is 4.33. The predicted octanol–water partition coefficient (Wildman–Crippen LogP) is 3.05. The Labute approximate surface area is 115 Å². The van der Waals surface area contributed by atoms with Crippen LogP contribution in [0.25, 0.3) is 16.9 Å². The number of hydrogen-bond acceptors (Lipinski definition) is 3. The van der Waals surface area contributed by atoms with Crippen molar-refractivity contribution in [2.24, 2.45) is 0 Å². The van der Waals surface area contributed by atoms with Gasteiger partial charge in [-0.3, -0.25) is 4.40 Å². The number of anilines is 1. The molecule has 98 valence electrons. The number of nitrogens with zero attached hydrogens (tertiary/aromatic N) is 3. The fourth-order valence-corrected chi connectivity index (χ4v) is 2.12. The molecule has 2 aromatic heterocycles. The van der Waals surface area contributed by atoms with Gasteiger partial charge in [-0.2, -0.15) is 5.26 Å². The standard InChI is InChI=1S/C15H11FN4/c1-18-12-6-7-14-13(8-17)19-15(20(14)9-12)10-2-4-11(16)5-3-10/h2-7,9,18H,1H3. The second kappa shape index (κ2) is 4.67. The Hall–Kier alpha value is -2.87. The number of rotatable bonds is 2. The number of nitrogens with one attached hydrogen (secondary N) is 1. The molecule has 0 radical (unpaired) electrons. The van der Waals surface area contributed by atoms with Crippen LogP contribution in [0.2, 0.25) is 0 Å². The summed E-state index contributed by atoms with van der Waals surface area (Å²) in [5, 5.41) is 12.2. The molecule has 0 aliphatic carbocycles. The molecule has 0 saturated heterocycles. The van der Waals surface area contributed by atoms with E-state index in [1.165, 1.54) is 12.1 Å². The minimum atomic E-state index is -0.300. The molecule has 0 unspecified atom stereocenters. The lowest BCUT2D eigenvalue weighted by Gasteiger charge is -2.04. The van der Waals surface area contributed by atoms with Gasteiger partial charge in [-0.05, 0) is 36.4 Å². The first-order chi connectivity index (χ1) is 9.72. The molecule has 2 heterocycles. The summed E-state index contributed by atoms with van der Waals surface area (Å²) in [6.07, 6.45) is 1.86. The number of imidazole rings is 1. The van der Waals surface area contributed by atoms with Crippen LogP contribution in [0.5, 0.6) is 0 Å². The molecule has 3 aromatic rings. The van der Waals surface area contributed by atoms with Crippen molar-refractivity contribution in [1.29, 1.82) is 5.26 Å². The van der Waals surface area contributed by atoms with E-state index in [4.69, 9.17) is 5.26 Å². The number of aromatic nitrogens is 2. The highest BCUT2D eigenvalue weighted by Gasteiger charge is 2.12. The molecule has 5 heteroatoms. The van der Waals surface area contributed by atoms with Gasteiger partial charge < -0.3 is 5.32 Å². The van der Waals surface area contributed by atoms with Gasteiger partial charge in [0.1, 0.15) is 17.7 Å². The zero-order chi connectivity index (χ0) is 14.1. The van der Waals surface area contributed by atoms with E-state index < -0.39 is 0 Å². The normalized spacial score (nSPS) is 10.4. The van der Waals surface area contributed by atoms with Gasteiger partial charge in [0.15, 0.2) is 5.69 Å². The lowest BCUT2D eigenvalue weighted by Crippen LogP contribution is -1.94. The van der Waals surface area contributed by atoms with Crippen molar-refractivity contribution in [3.63, 3.8) is 0 Å². The van der Waals surface area contributed by atoms with Crippen LogP contribution < -0.4 is 5.32 Å². The molecule has 0 aliphatic heterocycles. The summed E-state index contributed by atoms with van der Waals surface area (Å²) >= 11 is 0. The minimum Gasteiger partial charge on any atom is -0.387 e. The lowest BCUT2D eigenvalue weighted by molar-refractivity contribution is 0.628. The van der Waals surface area contributed by atoms with Gasteiger partial charge in [-0.15, -0.1) is 0 Å². The highest BCUT2D eigenvalue weighted by Crippen LogP contribution is 2.24. The first-order valence-corrected chi connectivity index (χ1v) is 6.09. The van der Waals surface area contributed by atoms with Gasteiger partial charge in [0.2, 0.25) is 0 Å². The fourth-order valence-electron chi connectivity index (χ4n) is 2.12. The van der Waals surface area contributed by atoms with Crippen molar-refractivity contribution in [3.05, 3.63) is 54.1 Å². The second-order valence-corrected chi connectivity index (χ2v) is 4.33. The van der Waals surface area contributed by atoms with E-state index in [2.05, 4.69) is 16.4 Å². The summed E-state index contributed by atoms with van der Waals surface area (Å²) in [4.78, 5) is 4.33. The molecule has 0 amide bonds. The SMILES string of the molecule is CNc1ccc2c(C#N)nc(-c3ccc(F)cc3)n2c1. The molecule has 4 nitrogen and oxygen atoms in total. The van der Waals surface area contributed by atoms with E-state index in [-0.39, 0.29) is 5.82 Å². The molecule has 1 N–H and O–H groups in total. The van der Waals surface area contributed by atoms with E-state index in [1.807, 2.05) is 29.8 Å². The average Bonchev–Trinajstić information content (AvgIpc) is 2.86. The fraction of sp³-hybridized carbons (Fsp3) is 0.0667. The molecule has 20 heavy (non-hydrogen) atoms. The molecule has 0 aliphatic rings. The van der Waals surface area contributed by atoms with Gasteiger partial charge in [0, 0.05) is 18.8 Å². The van der Waals surface area contributed by atoms with Crippen LogP contribution in [-0.2, 0) is 0 Å².